The van der Waals surface area contributed by atoms with Gasteiger partial charge >= 0.3 is 11.7 Å². The Bertz CT molecular complexity index is 1130. The van der Waals surface area contributed by atoms with Gasteiger partial charge < -0.3 is 13.9 Å². The number of carbonyl (C=O) groups excluding carboxylic acids is 1. The van der Waals surface area contributed by atoms with Crippen molar-refractivity contribution < 1.29 is 9.21 Å². The predicted octanol–water partition coefficient (Wildman–Crippen LogP) is 1.63. The molecule has 1 saturated heterocycles. The molecular weight excluding hydrogens is 388 g/mol. The number of furan rings is 1. The molecule has 0 spiro atoms. The van der Waals surface area contributed by atoms with Crippen LogP contribution in [-0.4, -0.2) is 61.1 Å². The number of rotatable bonds is 5. The minimum absolute atomic E-state index is 0.0487. The van der Waals surface area contributed by atoms with Gasteiger partial charge in [-0.05, 0) is 32.8 Å². The number of H-pyrrole nitrogens is 1. The first kappa shape index (κ1) is 20.1. The van der Waals surface area contributed by atoms with Crippen LogP contribution in [0.2, 0.25) is 0 Å². The Labute approximate surface area is 172 Å². The molecule has 3 aromatic heterocycles. The number of hydrogen-bond acceptors (Lipinski definition) is 6. The van der Waals surface area contributed by atoms with E-state index in [1.54, 1.807) is 23.8 Å². The van der Waals surface area contributed by atoms with Crippen molar-refractivity contribution in [1.29, 1.82) is 0 Å². The van der Waals surface area contributed by atoms with Gasteiger partial charge in [0.15, 0.2) is 11.2 Å². The van der Waals surface area contributed by atoms with Crippen molar-refractivity contribution in [2.75, 3.05) is 26.2 Å². The minimum Gasteiger partial charge on any atom is -0.472 e. The van der Waals surface area contributed by atoms with Gasteiger partial charge in [-0.3, -0.25) is 14.7 Å². The van der Waals surface area contributed by atoms with E-state index in [4.69, 9.17) is 4.42 Å². The Morgan fingerprint density at radius 3 is 2.63 bits per heavy atom. The van der Waals surface area contributed by atoms with Crippen molar-refractivity contribution in [2.45, 2.75) is 39.3 Å². The van der Waals surface area contributed by atoms with Crippen molar-refractivity contribution >= 4 is 17.2 Å². The molecule has 0 saturated carbocycles. The summed E-state index contributed by atoms with van der Waals surface area (Å²) < 4.78 is 8.01. The Morgan fingerprint density at radius 2 is 2.00 bits per heavy atom. The number of aromatic nitrogens is 4. The first-order valence-corrected chi connectivity index (χ1v) is 10.3. The Morgan fingerprint density at radius 1 is 1.27 bits per heavy atom. The number of imidazole rings is 1. The van der Waals surface area contributed by atoms with Crippen LogP contribution in [0.3, 0.4) is 0 Å². The van der Waals surface area contributed by atoms with Gasteiger partial charge in [0, 0.05) is 44.3 Å². The van der Waals surface area contributed by atoms with Crippen LogP contribution in [-0.2, 0) is 6.54 Å². The van der Waals surface area contributed by atoms with Crippen LogP contribution in [0.5, 0.6) is 0 Å². The van der Waals surface area contributed by atoms with E-state index in [9.17, 15) is 14.4 Å². The molecule has 3 aromatic rings. The third kappa shape index (κ3) is 3.58. The zero-order chi connectivity index (χ0) is 21.3. The molecule has 4 heterocycles. The molecule has 160 valence electrons. The van der Waals surface area contributed by atoms with Gasteiger partial charge in [-0.25, -0.2) is 14.6 Å². The molecule has 0 aromatic carbocycles. The average molecular weight is 414 g/mol. The highest BCUT2D eigenvalue weighted by Crippen LogP contribution is 2.26. The molecule has 0 atom stereocenters. The predicted molar refractivity (Wildman–Crippen MR) is 111 cm³/mol. The lowest BCUT2D eigenvalue weighted by atomic mass is 10.0. The summed E-state index contributed by atoms with van der Waals surface area (Å²) in [5.74, 6) is 0. The Kier molecular flexibility index (Phi) is 5.58. The molecule has 0 radical (unpaired) electrons. The van der Waals surface area contributed by atoms with Gasteiger partial charge in [0.05, 0.1) is 18.9 Å². The molecule has 10 heteroatoms. The maximum Gasteiger partial charge on any atom is 0.338 e. The number of nitrogens with zero attached hydrogens (tertiary/aromatic N) is 5. The van der Waals surface area contributed by atoms with E-state index < -0.39 is 17.3 Å². The van der Waals surface area contributed by atoms with Crippen molar-refractivity contribution in [3.63, 3.8) is 0 Å². The van der Waals surface area contributed by atoms with E-state index in [0.717, 1.165) is 42.6 Å². The van der Waals surface area contributed by atoms with Crippen LogP contribution in [0.25, 0.3) is 11.2 Å². The van der Waals surface area contributed by atoms with Crippen LogP contribution in [0.15, 0.2) is 38.9 Å². The number of carbonyl (C=O) groups is 1. The molecule has 0 bridgehead atoms. The van der Waals surface area contributed by atoms with Crippen molar-refractivity contribution in [3.8, 4) is 0 Å². The molecule has 10 nitrogen and oxygen atoms in total. The highest BCUT2D eigenvalue weighted by Gasteiger charge is 2.27. The monoisotopic (exact) mass is 414 g/mol. The van der Waals surface area contributed by atoms with Crippen LogP contribution in [0.1, 0.15) is 38.3 Å². The van der Waals surface area contributed by atoms with E-state index in [1.807, 2.05) is 24.5 Å². The molecule has 1 N–H and O–H groups in total. The average Bonchev–Trinajstić information content (AvgIpc) is 3.40. The number of likely N-dealkylation sites (tertiary alicyclic amines) is 1. The van der Waals surface area contributed by atoms with E-state index in [-0.39, 0.29) is 17.2 Å². The molecule has 30 heavy (non-hydrogen) atoms. The van der Waals surface area contributed by atoms with E-state index >= 15 is 0 Å². The van der Waals surface area contributed by atoms with Gasteiger partial charge in [0.2, 0.25) is 0 Å². The topological polar surface area (TPSA) is 109 Å². The lowest BCUT2D eigenvalue weighted by Crippen LogP contribution is -2.43. The van der Waals surface area contributed by atoms with Crippen LogP contribution >= 0.6 is 0 Å². The van der Waals surface area contributed by atoms with Crippen LogP contribution in [0.4, 0.5) is 4.79 Å². The molecule has 1 fully saturated rings. The standard InChI is InChI=1S/C20H26N6O4/c1-3-24(4-2)20(29)26-18-16(17(27)22-19(26)28)21-13-25(18)15-5-8-23(9-6-15)11-14-7-10-30-12-14/h7,10,12-13,15H,3-6,8-9,11H2,1-2H3,(H,22,27,28). The number of fused-ring (bicyclic) bond motifs is 1. The van der Waals surface area contributed by atoms with E-state index in [2.05, 4.69) is 14.9 Å². The molecule has 1 aliphatic rings. The molecular formula is C20H26N6O4. The summed E-state index contributed by atoms with van der Waals surface area (Å²) in [7, 11) is 0. The molecule has 1 aliphatic heterocycles. The van der Waals surface area contributed by atoms with Crippen LogP contribution < -0.4 is 11.2 Å². The van der Waals surface area contributed by atoms with Gasteiger partial charge in [0.1, 0.15) is 0 Å². The van der Waals surface area contributed by atoms with Crippen molar-refractivity contribution in [3.05, 3.63) is 51.3 Å². The van der Waals surface area contributed by atoms with Crippen LogP contribution in [0, 0.1) is 0 Å². The summed E-state index contributed by atoms with van der Waals surface area (Å²) in [5.41, 5.74) is 0.204. The van der Waals surface area contributed by atoms with E-state index in [0.29, 0.717) is 13.1 Å². The maximum absolute atomic E-state index is 13.0. The molecule has 0 unspecified atom stereocenters. The highest BCUT2D eigenvalue weighted by atomic mass is 16.3. The van der Waals surface area contributed by atoms with Gasteiger partial charge in [0.25, 0.3) is 5.56 Å². The Hall–Kier alpha value is -3.14. The summed E-state index contributed by atoms with van der Waals surface area (Å²) in [6, 6.07) is 1.55. The zero-order valence-electron chi connectivity index (χ0n) is 17.2. The molecule has 0 aliphatic carbocycles. The largest absolute Gasteiger partial charge is 0.472 e. The minimum atomic E-state index is -0.733. The number of nitrogens with one attached hydrogen (secondary N) is 1. The first-order valence-electron chi connectivity index (χ1n) is 10.3. The summed E-state index contributed by atoms with van der Waals surface area (Å²) in [6.45, 7) is 7.15. The Balaban J connectivity index is 1.66. The summed E-state index contributed by atoms with van der Waals surface area (Å²) >= 11 is 0. The summed E-state index contributed by atoms with van der Waals surface area (Å²) in [5, 5.41) is 0. The normalized spacial score (nSPS) is 15.7. The second-order valence-corrected chi connectivity index (χ2v) is 7.51. The summed E-state index contributed by atoms with van der Waals surface area (Å²) in [6.07, 6.45) is 6.64. The maximum atomic E-state index is 13.0. The van der Waals surface area contributed by atoms with Crippen molar-refractivity contribution in [1.82, 2.24) is 28.9 Å². The third-order valence-electron chi connectivity index (χ3n) is 5.78. The number of amides is 1. The molecule has 4 rings (SSSR count). The van der Waals surface area contributed by atoms with Gasteiger partial charge in [-0.1, -0.05) is 0 Å². The smallest absolute Gasteiger partial charge is 0.338 e. The number of aromatic amines is 1. The lowest BCUT2D eigenvalue weighted by Gasteiger charge is -2.32. The fourth-order valence-electron chi connectivity index (χ4n) is 4.12. The summed E-state index contributed by atoms with van der Waals surface area (Å²) in [4.78, 5) is 48.3. The SMILES string of the molecule is CCN(CC)C(=O)n1c(=O)[nH]c(=O)c2ncn(C3CCN(Cc4ccoc4)CC3)c21. The van der Waals surface area contributed by atoms with Gasteiger partial charge in [-0.2, -0.15) is 4.57 Å². The number of piperidine rings is 1. The fraction of sp³-hybridized carbons (Fsp3) is 0.500. The number of hydrogen-bond donors (Lipinski definition) is 1. The van der Waals surface area contributed by atoms with Gasteiger partial charge in [-0.15, -0.1) is 0 Å². The fourth-order valence-corrected chi connectivity index (χ4v) is 4.12. The third-order valence-corrected chi connectivity index (χ3v) is 5.78. The molecule has 1 amide bonds. The first-order chi connectivity index (χ1) is 14.5. The van der Waals surface area contributed by atoms with E-state index in [1.165, 1.54) is 0 Å². The quantitative estimate of drug-likeness (QED) is 0.680. The second kappa shape index (κ2) is 8.31. The highest BCUT2D eigenvalue weighted by molar-refractivity contribution is 5.86. The van der Waals surface area contributed by atoms with Crippen molar-refractivity contribution in [2.24, 2.45) is 0 Å². The zero-order valence-corrected chi connectivity index (χ0v) is 17.2. The lowest BCUT2D eigenvalue weighted by molar-refractivity contribution is 0.180. The second-order valence-electron chi connectivity index (χ2n) is 7.51.